The van der Waals surface area contributed by atoms with E-state index in [-0.39, 0.29) is 0 Å². The molecule has 0 aromatic carbocycles. The molecular formula is C9H21NOS. The summed E-state index contributed by atoms with van der Waals surface area (Å²) < 4.78 is 5.40. The van der Waals surface area contributed by atoms with E-state index in [9.17, 15) is 0 Å². The Kier molecular flexibility index (Phi) is 11.5. The van der Waals surface area contributed by atoms with Crippen LogP contribution in [0.1, 0.15) is 26.2 Å². The Hall–Kier alpha value is 0.270. The fraction of sp³-hybridized carbons (Fsp3) is 1.00. The molecule has 0 amide bonds. The van der Waals surface area contributed by atoms with E-state index in [1.807, 2.05) is 0 Å². The molecule has 74 valence electrons. The van der Waals surface area contributed by atoms with Crippen LogP contribution in [0.25, 0.3) is 0 Å². The first kappa shape index (κ1) is 12.3. The molecule has 0 bridgehead atoms. The summed E-state index contributed by atoms with van der Waals surface area (Å²) >= 11 is 4.10. The number of ether oxygens (including phenoxy) is 1. The van der Waals surface area contributed by atoms with Crippen molar-refractivity contribution in [3.8, 4) is 0 Å². The van der Waals surface area contributed by atoms with Gasteiger partial charge in [-0.15, -0.1) is 0 Å². The van der Waals surface area contributed by atoms with E-state index in [2.05, 4.69) is 24.9 Å². The van der Waals surface area contributed by atoms with Crippen LogP contribution in [0.4, 0.5) is 0 Å². The molecule has 0 aromatic rings. The Labute approximate surface area is 81.5 Å². The van der Waals surface area contributed by atoms with Crippen LogP contribution in [-0.2, 0) is 4.74 Å². The average Bonchev–Trinajstić information content (AvgIpc) is 2.10. The molecule has 0 aliphatic carbocycles. The van der Waals surface area contributed by atoms with E-state index in [1.54, 1.807) is 0 Å². The zero-order valence-corrected chi connectivity index (χ0v) is 8.91. The molecule has 0 unspecified atom stereocenters. The normalized spacial score (nSPS) is 10.5. The first-order chi connectivity index (χ1) is 5.91. The largest absolute Gasteiger partial charge is 0.381 e. The number of unbranched alkanes of at least 4 members (excludes halogenated alkanes) is 1. The summed E-state index contributed by atoms with van der Waals surface area (Å²) in [6.07, 6.45) is 3.51. The lowest BCUT2D eigenvalue weighted by molar-refractivity contribution is 0.129. The minimum absolute atomic E-state index is 0.888. The summed E-state index contributed by atoms with van der Waals surface area (Å²) in [7, 11) is 0. The van der Waals surface area contributed by atoms with Crippen LogP contribution in [-0.4, -0.2) is 32.1 Å². The van der Waals surface area contributed by atoms with E-state index in [1.165, 1.54) is 12.8 Å². The highest BCUT2D eigenvalue weighted by atomic mass is 32.1. The van der Waals surface area contributed by atoms with Crippen molar-refractivity contribution in [2.24, 2.45) is 0 Å². The predicted molar refractivity (Wildman–Crippen MR) is 57.1 cm³/mol. The average molecular weight is 191 g/mol. The van der Waals surface area contributed by atoms with Crippen LogP contribution in [0, 0.1) is 0 Å². The van der Waals surface area contributed by atoms with E-state index in [0.717, 1.165) is 38.5 Å². The smallest absolute Gasteiger partial charge is 0.0478 e. The molecule has 0 rings (SSSR count). The molecule has 2 nitrogen and oxygen atoms in total. The summed E-state index contributed by atoms with van der Waals surface area (Å²) in [5.74, 6) is 0.913. The van der Waals surface area contributed by atoms with Gasteiger partial charge in [0.25, 0.3) is 0 Å². The summed E-state index contributed by atoms with van der Waals surface area (Å²) in [4.78, 5) is 0. The second-order valence-electron chi connectivity index (χ2n) is 2.79. The van der Waals surface area contributed by atoms with Crippen LogP contribution < -0.4 is 5.32 Å². The molecule has 0 aliphatic heterocycles. The topological polar surface area (TPSA) is 21.3 Å². The van der Waals surface area contributed by atoms with Gasteiger partial charge in [0, 0.05) is 25.5 Å². The van der Waals surface area contributed by atoms with Gasteiger partial charge in [0.2, 0.25) is 0 Å². The van der Waals surface area contributed by atoms with Crippen molar-refractivity contribution in [3.63, 3.8) is 0 Å². The summed E-state index contributed by atoms with van der Waals surface area (Å²) in [5.41, 5.74) is 0. The van der Waals surface area contributed by atoms with Gasteiger partial charge in [-0.2, -0.15) is 12.6 Å². The third-order valence-electron chi connectivity index (χ3n) is 1.57. The molecule has 0 aromatic heterocycles. The molecule has 0 fully saturated rings. The molecule has 0 saturated carbocycles. The fourth-order valence-corrected chi connectivity index (χ4v) is 1.01. The first-order valence-corrected chi connectivity index (χ1v) is 5.44. The van der Waals surface area contributed by atoms with Crippen molar-refractivity contribution in [1.29, 1.82) is 0 Å². The molecule has 0 aliphatic rings. The van der Waals surface area contributed by atoms with Crippen molar-refractivity contribution in [1.82, 2.24) is 5.32 Å². The lowest BCUT2D eigenvalue weighted by Gasteiger charge is -2.03. The second-order valence-corrected chi connectivity index (χ2v) is 3.24. The highest BCUT2D eigenvalue weighted by Gasteiger charge is 1.88. The van der Waals surface area contributed by atoms with E-state index >= 15 is 0 Å². The van der Waals surface area contributed by atoms with Crippen LogP contribution in [0.5, 0.6) is 0 Å². The minimum atomic E-state index is 0.888. The highest BCUT2D eigenvalue weighted by Crippen LogP contribution is 1.88. The van der Waals surface area contributed by atoms with Crippen molar-refractivity contribution in [2.45, 2.75) is 26.2 Å². The highest BCUT2D eigenvalue weighted by molar-refractivity contribution is 7.80. The van der Waals surface area contributed by atoms with Gasteiger partial charge in [-0.3, -0.25) is 0 Å². The molecule has 0 radical (unpaired) electrons. The van der Waals surface area contributed by atoms with Crippen molar-refractivity contribution < 1.29 is 4.74 Å². The predicted octanol–water partition coefficient (Wildman–Crippen LogP) is 1.71. The Morgan fingerprint density at radius 3 is 2.58 bits per heavy atom. The Bertz CT molecular complexity index is 70.9. The molecule has 1 N–H and O–H groups in total. The molecule has 0 spiro atoms. The lowest BCUT2D eigenvalue weighted by atomic mass is 10.4. The summed E-state index contributed by atoms with van der Waals surface area (Å²) in [6.45, 7) is 6.03. The molecule has 0 saturated heterocycles. The van der Waals surface area contributed by atoms with Crippen LogP contribution in [0.3, 0.4) is 0 Å². The summed E-state index contributed by atoms with van der Waals surface area (Å²) in [5, 5.41) is 3.27. The zero-order valence-electron chi connectivity index (χ0n) is 8.01. The van der Waals surface area contributed by atoms with Gasteiger partial charge in [0.15, 0.2) is 0 Å². The standard InChI is InChI=1S/C9H21NOS/c1-2-3-7-11-8-4-5-10-6-9-12/h10,12H,2-9H2,1H3. The molecule has 0 atom stereocenters. The molecular weight excluding hydrogens is 170 g/mol. The van der Waals surface area contributed by atoms with Gasteiger partial charge < -0.3 is 10.1 Å². The number of thiol groups is 1. The monoisotopic (exact) mass is 191 g/mol. The maximum Gasteiger partial charge on any atom is 0.0478 e. The Balaban J connectivity index is 2.73. The van der Waals surface area contributed by atoms with E-state index in [4.69, 9.17) is 4.74 Å². The van der Waals surface area contributed by atoms with Crippen LogP contribution in [0.2, 0.25) is 0 Å². The Morgan fingerprint density at radius 1 is 1.17 bits per heavy atom. The van der Waals surface area contributed by atoms with E-state index in [0.29, 0.717) is 0 Å². The van der Waals surface area contributed by atoms with Gasteiger partial charge in [0.1, 0.15) is 0 Å². The molecule has 3 heteroatoms. The maximum absolute atomic E-state index is 5.40. The maximum atomic E-state index is 5.40. The van der Waals surface area contributed by atoms with Gasteiger partial charge in [-0.1, -0.05) is 13.3 Å². The number of hydrogen-bond acceptors (Lipinski definition) is 3. The minimum Gasteiger partial charge on any atom is -0.381 e. The van der Waals surface area contributed by atoms with Gasteiger partial charge in [-0.25, -0.2) is 0 Å². The lowest BCUT2D eigenvalue weighted by Crippen LogP contribution is -2.19. The van der Waals surface area contributed by atoms with Gasteiger partial charge in [0.05, 0.1) is 0 Å². The fourth-order valence-electron chi connectivity index (χ4n) is 0.852. The SMILES string of the molecule is CCCCOCCCNCCS. The third-order valence-corrected chi connectivity index (χ3v) is 1.80. The van der Waals surface area contributed by atoms with Crippen molar-refractivity contribution in [3.05, 3.63) is 0 Å². The number of rotatable bonds is 9. The Morgan fingerprint density at radius 2 is 1.92 bits per heavy atom. The van der Waals surface area contributed by atoms with Crippen LogP contribution in [0.15, 0.2) is 0 Å². The quantitative estimate of drug-likeness (QED) is 0.428. The second kappa shape index (κ2) is 11.3. The van der Waals surface area contributed by atoms with Crippen LogP contribution >= 0.6 is 12.6 Å². The van der Waals surface area contributed by atoms with Gasteiger partial charge in [-0.05, 0) is 19.4 Å². The first-order valence-electron chi connectivity index (χ1n) is 4.81. The van der Waals surface area contributed by atoms with Gasteiger partial charge >= 0.3 is 0 Å². The molecule has 0 heterocycles. The third kappa shape index (κ3) is 10.3. The van der Waals surface area contributed by atoms with E-state index < -0.39 is 0 Å². The summed E-state index contributed by atoms with van der Waals surface area (Å²) in [6, 6.07) is 0. The zero-order chi connectivity index (χ0) is 9.07. The van der Waals surface area contributed by atoms with Crippen molar-refractivity contribution >= 4 is 12.6 Å². The number of nitrogens with one attached hydrogen (secondary N) is 1. The number of hydrogen-bond donors (Lipinski definition) is 2. The molecule has 12 heavy (non-hydrogen) atoms. The van der Waals surface area contributed by atoms with Crippen molar-refractivity contribution in [2.75, 3.05) is 32.1 Å².